The van der Waals surface area contributed by atoms with Crippen LogP contribution in [0.5, 0.6) is 0 Å². The van der Waals surface area contributed by atoms with Crippen LogP contribution in [-0.4, -0.2) is 20.3 Å². The zero-order valence-electron chi connectivity index (χ0n) is 15.4. The summed E-state index contributed by atoms with van der Waals surface area (Å²) < 4.78 is 2.93. The van der Waals surface area contributed by atoms with Gasteiger partial charge in [0, 0.05) is 7.05 Å². The number of rotatable bonds is 4. The number of para-hydroxylation sites is 3. The highest BCUT2D eigenvalue weighted by Gasteiger charge is 2.28. The van der Waals surface area contributed by atoms with Crippen LogP contribution in [0, 0.1) is 11.3 Å². The van der Waals surface area contributed by atoms with E-state index in [0.29, 0.717) is 10.7 Å². The predicted molar refractivity (Wildman–Crippen MR) is 116 cm³/mol. The molecule has 0 spiro atoms. The molecule has 0 N–H and O–H groups in total. The molecule has 29 heavy (non-hydrogen) atoms. The Morgan fingerprint density at radius 2 is 1.76 bits per heavy atom. The van der Waals surface area contributed by atoms with Gasteiger partial charge in [0.25, 0.3) is 0 Å². The molecule has 1 atom stereocenters. The summed E-state index contributed by atoms with van der Waals surface area (Å²) in [6, 6.07) is 21.4. The van der Waals surface area contributed by atoms with Crippen molar-refractivity contribution in [2.45, 2.75) is 5.92 Å². The number of thiazole rings is 1. The number of nitriles is 1. The van der Waals surface area contributed by atoms with Gasteiger partial charge in [0.05, 0.1) is 37.1 Å². The van der Waals surface area contributed by atoms with Gasteiger partial charge >= 0.3 is 0 Å². The molecule has 0 saturated heterocycles. The zero-order valence-corrected chi connectivity index (χ0v) is 17.0. The molecule has 0 saturated carbocycles. The Labute approximate surface area is 174 Å². The average molecular weight is 415 g/mol. The van der Waals surface area contributed by atoms with E-state index in [0.717, 1.165) is 31.1 Å². The first kappa shape index (κ1) is 17.7. The van der Waals surface area contributed by atoms with Gasteiger partial charge in [-0.3, -0.25) is 4.79 Å². The molecule has 7 heteroatoms. The molecule has 0 aliphatic rings. The lowest BCUT2D eigenvalue weighted by atomic mass is 10.0. The van der Waals surface area contributed by atoms with Crippen molar-refractivity contribution in [1.82, 2.24) is 14.5 Å². The van der Waals surface area contributed by atoms with Crippen LogP contribution in [0.3, 0.4) is 0 Å². The van der Waals surface area contributed by atoms with E-state index in [-0.39, 0.29) is 5.78 Å². The minimum absolute atomic E-state index is 0.233. The number of nitrogens with zero attached hydrogens (tertiary/aromatic N) is 4. The summed E-state index contributed by atoms with van der Waals surface area (Å²) >= 11 is 2.97. The third-order valence-corrected chi connectivity index (χ3v) is 7.13. The van der Waals surface area contributed by atoms with E-state index in [1.807, 2.05) is 66.2 Å². The van der Waals surface area contributed by atoms with Gasteiger partial charge in [0.2, 0.25) is 0 Å². The number of imidazole rings is 1. The van der Waals surface area contributed by atoms with Crippen molar-refractivity contribution in [2.75, 3.05) is 0 Å². The fraction of sp³-hybridized carbons (Fsp3) is 0.0909. The molecular formula is C22H14N4OS2. The van der Waals surface area contributed by atoms with Crippen molar-refractivity contribution >= 4 is 49.7 Å². The third kappa shape index (κ3) is 2.94. The van der Waals surface area contributed by atoms with Crippen LogP contribution in [0.25, 0.3) is 31.1 Å². The summed E-state index contributed by atoms with van der Waals surface area (Å²) in [5.74, 6) is -0.717. The predicted octanol–water partition coefficient (Wildman–Crippen LogP) is 5.40. The quantitative estimate of drug-likeness (QED) is 0.369. The number of carbonyl (C=O) groups is 1. The van der Waals surface area contributed by atoms with Crippen molar-refractivity contribution in [2.24, 2.45) is 7.05 Å². The van der Waals surface area contributed by atoms with Crippen molar-refractivity contribution in [3.05, 3.63) is 71.4 Å². The molecule has 5 nitrogen and oxygen atoms in total. The van der Waals surface area contributed by atoms with E-state index in [9.17, 15) is 10.1 Å². The van der Waals surface area contributed by atoms with Crippen LogP contribution < -0.4 is 0 Å². The summed E-state index contributed by atoms with van der Waals surface area (Å²) in [6.45, 7) is 0. The highest BCUT2D eigenvalue weighted by Crippen LogP contribution is 2.36. The minimum atomic E-state index is -0.950. The van der Waals surface area contributed by atoms with Gasteiger partial charge in [-0.1, -0.05) is 24.3 Å². The Morgan fingerprint density at radius 1 is 1.00 bits per heavy atom. The molecular weight excluding hydrogens is 400 g/mol. The van der Waals surface area contributed by atoms with E-state index in [2.05, 4.69) is 16.0 Å². The van der Waals surface area contributed by atoms with Gasteiger partial charge in [-0.05, 0) is 36.4 Å². The standard InChI is InChI=1S/C22H14N4OS2/c1-26-16-8-4-2-6-14(16)24-21(26)13(12-23)20(27)18-10-11-19(28-18)22-25-15-7-3-5-9-17(15)29-22/h2-11,13H,1H3/t13-/m1/s1. The van der Waals surface area contributed by atoms with Crippen molar-refractivity contribution in [3.8, 4) is 16.0 Å². The largest absolute Gasteiger partial charge is 0.330 e. The van der Waals surface area contributed by atoms with Gasteiger partial charge in [-0.25, -0.2) is 9.97 Å². The monoisotopic (exact) mass is 414 g/mol. The second kappa shape index (κ2) is 6.92. The maximum atomic E-state index is 13.1. The number of aromatic nitrogens is 3. The summed E-state index contributed by atoms with van der Waals surface area (Å²) in [6.07, 6.45) is 0. The van der Waals surface area contributed by atoms with Gasteiger partial charge in [0.1, 0.15) is 10.8 Å². The summed E-state index contributed by atoms with van der Waals surface area (Å²) in [5.41, 5.74) is 2.62. The van der Waals surface area contributed by atoms with E-state index in [4.69, 9.17) is 0 Å². The summed E-state index contributed by atoms with van der Waals surface area (Å²) in [5, 5.41) is 10.6. The molecule has 0 amide bonds. The Morgan fingerprint density at radius 3 is 2.52 bits per heavy atom. The lowest BCUT2D eigenvalue weighted by Crippen LogP contribution is -2.14. The lowest BCUT2D eigenvalue weighted by molar-refractivity contribution is 0.0979. The Hall–Kier alpha value is -3.34. The summed E-state index contributed by atoms with van der Waals surface area (Å²) in [7, 11) is 1.84. The molecule has 0 radical (unpaired) electrons. The fourth-order valence-corrected chi connectivity index (χ4v) is 5.36. The van der Waals surface area contributed by atoms with Gasteiger partial charge < -0.3 is 4.57 Å². The fourth-order valence-electron chi connectivity index (χ4n) is 3.36. The molecule has 0 bridgehead atoms. The number of hydrogen-bond acceptors (Lipinski definition) is 6. The number of Topliss-reactive ketones (excluding diaryl/α,β-unsaturated/α-hetero) is 1. The average Bonchev–Trinajstić information content (AvgIpc) is 3.46. The van der Waals surface area contributed by atoms with Gasteiger partial charge in [-0.15, -0.1) is 22.7 Å². The molecule has 0 unspecified atom stereocenters. The summed E-state index contributed by atoms with van der Waals surface area (Å²) in [4.78, 5) is 23.8. The van der Waals surface area contributed by atoms with Crippen LogP contribution in [0.15, 0.2) is 60.7 Å². The highest BCUT2D eigenvalue weighted by atomic mass is 32.1. The molecule has 2 aromatic carbocycles. The van der Waals surface area contributed by atoms with E-state index in [1.54, 1.807) is 17.4 Å². The first-order valence-electron chi connectivity index (χ1n) is 8.96. The Bertz CT molecular complexity index is 1390. The van der Waals surface area contributed by atoms with E-state index in [1.165, 1.54) is 11.3 Å². The molecule has 5 aromatic rings. The lowest BCUT2D eigenvalue weighted by Gasteiger charge is -2.07. The maximum Gasteiger partial charge on any atom is 0.197 e. The van der Waals surface area contributed by atoms with E-state index < -0.39 is 5.92 Å². The van der Waals surface area contributed by atoms with Crippen LogP contribution >= 0.6 is 22.7 Å². The first-order valence-corrected chi connectivity index (χ1v) is 10.6. The molecule has 0 fully saturated rings. The number of fused-ring (bicyclic) bond motifs is 2. The number of hydrogen-bond donors (Lipinski definition) is 0. The van der Waals surface area contributed by atoms with Gasteiger partial charge in [-0.2, -0.15) is 5.26 Å². The van der Waals surface area contributed by atoms with Gasteiger partial charge in [0.15, 0.2) is 11.7 Å². The third-order valence-electron chi connectivity index (χ3n) is 4.82. The topological polar surface area (TPSA) is 71.6 Å². The molecule has 140 valence electrons. The number of ketones is 1. The number of thiophene rings is 1. The molecule has 5 rings (SSSR count). The normalized spacial score (nSPS) is 12.3. The van der Waals surface area contributed by atoms with Crippen molar-refractivity contribution in [3.63, 3.8) is 0 Å². The Balaban J connectivity index is 1.51. The highest BCUT2D eigenvalue weighted by molar-refractivity contribution is 7.26. The van der Waals surface area contributed by atoms with Crippen LogP contribution in [0.4, 0.5) is 0 Å². The molecule has 3 aromatic heterocycles. The second-order valence-corrected chi connectivity index (χ2v) is 8.71. The number of benzene rings is 2. The van der Waals surface area contributed by atoms with Crippen molar-refractivity contribution < 1.29 is 4.79 Å². The molecule has 0 aliphatic carbocycles. The van der Waals surface area contributed by atoms with E-state index >= 15 is 0 Å². The van der Waals surface area contributed by atoms with Crippen LogP contribution in [0.1, 0.15) is 21.4 Å². The number of carbonyl (C=O) groups excluding carboxylic acids is 1. The first-order chi connectivity index (χ1) is 14.2. The Kier molecular flexibility index (Phi) is 4.23. The molecule has 0 aliphatic heterocycles. The second-order valence-electron chi connectivity index (χ2n) is 6.59. The van der Waals surface area contributed by atoms with Crippen LogP contribution in [-0.2, 0) is 7.05 Å². The maximum absolute atomic E-state index is 13.1. The SMILES string of the molecule is Cn1c([C@H](C#N)C(=O)c2ccc(-c3nc4ccccc4s3)s2)nc2ccccc21. The minimum Gasteiger partial charge on any atom is -0.330 e. The molecule has 3 heterocycles. The zero-order chi connectivity index (χ0) is 20.0. The van der Waals surface area contributed by atoms with Crippen LogP contribution in [0.2, 0.25) is 0 Å². The smallest absolute Gasteiger partial charge is 0.197 e. The van der Waals surface area contributed by atoms with Crippen molar-refractivity contribution in [1.29, 1.82) is 5.26 Å². The number of aryl methyl sites for hydroxylation is 1.